The first kappa shape index (κ1) is 27.3. The zero-order valence-corrected chi connectivity index (χ0v) is 23.2. The number of benzene rings is 2. The molecule has 0 aliphatic heterocycles. The molecule has 0 heterocycles. The molecule has 214 valence electrons. The maximum atomic E-state index is 13.5. The fourth-order valence-corrected chi connectivity index (χ4v) is 8.37. The van der Waals surface area contributed by atoms with Crippen molar-refractivity contribution in [3.63, 3.8) is 0 Å². The van der Waals surface area contributed by atoms with Crippen LogP contribution in [0.2, 0.25) is 0 Å². The number of hydrogen-bond acceptors (Lipinski definition) is 8. The van der Waals surface area contributed by atoms with Crippen molar-refractivity contribution in [3.8, 4) is 17.2 Å². The molecule has 0 saturated heterocycles. The summed E-state index contributed by atoms with van der Waals surface area (Å²) in [6.07, 6.45) is 9.55. The van der Waals surface area contributed by atoms with Crippen LogP contribution in [0.3, 0.4) is 0 Å². The van der Waals surface area contributed by atoms with Crippen molar-refractivity contribution in [3.05, 3.63) is 77.9 Å². The SMILES string of the molecule is C[C@]12C=CC(=O)C=C1CC[C@@H]1[C@@H]2CC[C@@]2(C)[C@H]1CCC2(OC(=O)c1ccc(Oc2cccc(O)c2)cc1)C(=O)OO. The van der Waals surface area contributed by atoms with Crippen LogP contribution in [0.5, 0.6) is 17.2 Å². The molecule has 1 unspecified atom stereocenters. The lowest BCUT2D eigenvalue weighted by Crippen LogP contribution is -2.59. The normalized spacial score (nSPS) is 33.6. The van der Waals surface area contributed by atoms with Gasteiger partial charge in [-0.1, -0.05) is 31.6 Å². The zero-order chi connectivity index (χ0) is 29.0. The van der Waals surface area contributed by atoms with Crippen molar-refractivity contribution in [2.45, 2.75) is 58.0 Å². The van der Waals surface area contributed by atoms with Gasteiger partial charge >= 0.3 is 11.9 Å². The molecule has 41 heavy (non-hydrogen) atoms. The summed E-state index contributed by atoms with van der Waals surface area (Å²) in [4.78, 5) is 43.2. The fourth-order valence-electron chi connectivity index (χ4n) is 8.37. The molecule has 0 amide bonds. The molecule has 2 aromatic rings. The Kier molecular flexibility index (Phi) is 6.57. The molecular formula is C33H34O8. The summed E-state index contributed by atoms with van der Waals surface area (Å²) in [6.45, 7) is 4.20. The molecule has 6 atom stereocenters. The molecule has 0 aromatic heterocycles. The lowest BCUT2D eigenvalue weighted by atomic mass is 9.47. The summed E-state index contributed by atoms with van der Waals surface area (Å²) >= 11 is 0. The van der Waals surface area contributed by atoms with Crippen molar-refractivity contribution < 1.29 is 39.1 Å². The quantitative estimate of drug-likeness (QED) is 0.246. The van der Waals surface area contributed by atoms with E-state index in [0.717, 1.165) is 19.3 Å². The van der Waals surface area contributed by atoms with E-state index in [1.165, 1.54) is 17.7 Å². The van der Waals surface area contributed by atoms with Crippen molar-refractivity contribution in [1.82, 2.24) is 0 Å². The van der Waals surface area contributed by atoms with E-state index in [-0.39, 0.29) is 40.8 Å². The summed E-state index contributed by atoms with van der Waals surface area (Å²) in [7, 11) is 0. The predicted octanol–water partition coefficient (Wildman–Crippen LogP) is 6.40. The second-order valence-electron chi connectivity index (χ2n) is 12.3. The zero-order valence-electron chi connectivity index (χ0n) is 23.2. The van der Waals surface area contributed by atoms with Gasteiger partial charge in [0.05, 0.1) is 5.56 Å². The van der Waals surface area contributed by atoms with Crippen LogP contribution in [0.15, 0.2) is 72.3 Å². The van der Waals surface area contributed by atoms with Crippen LogP contribution in [0.1, 0.15) is 62.7 Å². The first-order valence-corrected chi connectivity index (χ1v) is 14.2. The van der Waals surface area contributed by atoms with Crippen LogP contribution in [0, 0.1) is 28.6 Å². The molecule has 0 bridgehead atoms. The third-order valence-electron chi connectivity index (χ3n) is 10.5. The number of ketones is 1. The molecule has 4 aliphatic rings. The van der Waals surface area contributed by atoms with Crippen molar-refractivity contribution >= 4 is 17.7 Å². The molecule has 4 aliphatic carbocycles. The van der Waals surface area contributed by atoms with E-state index in [9.17, 15) is 24.7 Å². The minimum absolute atomic E-state index is 0.0352. The van der Waals surface area contributed by atoms with Crippen LogP contribution in [-0.2, 0) is 19.2 Å². The van der Waals surface area contributed by atoms with Gasteiger partial charge in [0, 0.05) is 16.9 Å². The van der Waals surface area contributed by atoms with E-state index in [1.807, 2.05) is 6.92 Å². The standard InChI is InChI=1S/C33H34O8/c1-31-15-12-23(35)18-21(31)8-11-26-27(31)13-16-32(2)28(26)14-17-33(32,30(37)41-38)40-29(36)20-6-9-24(10-7-20)39-25-5-3-4-22(34)19-25/h3-7,9-10,12,15,18-19,26-28,34,38H,8,11,13-14,16-17H2,1-2H3/t26-,27+,28+,31+,32+,33?/m1/s1. The molecule has 3 fully saturated rings. The number of carbonyl (C=O) groups is 3. The van der Waals surface area contributed by atoms with Gasteiger partial charge in [-0.3, -0.25) is 9.68 Å². The van der Waals surface area contributed by atoms with E-state index in [1.54, 1.807) is 48.6 Å². The topological polar surface area (TPSA) is 119 Å². The molecule has 0 spiro atoms. The first-order chi connectivity index (χ1) is 19.6. The third-order valence-corrected chi connectivity index (χ3v) is 10.5. The number of hydrogen-bond donors (Lipinski definition) is 2. The summed E-state index contributed by atoms with van der Waals surface area (Å²) in [5.74, 6) is 0.0481. The van der Waals surface area contributed by atoms with Crippen LogP contribution in [0.25, 0.3) is 0 Å². The van der Waals surface area contributed by atoms with Crippen LogP contribution in [-0.4, -0.2) is 33.7 Å². The van der Waals surface area contributed by atoms with Crippen LogP contribution >= 0.6 is 0 Å². The molecule has 0 radical (unpaired) electrons. The first-order valence-electron chi connectivity index (χ1n) is 14.2. The molecule has 3 saturated carbocycles. The van der Waals surface area contributed by atoms with Crippen molar-refractivity contribution in [2.75, 3.05) is 0 Å². The Labute approximate surface area is 238 Å². The van der Waals surface area contributed by atoms with Crippen LogP contribution in [0.4, 0.5) is 0 Å². The minimum Gasteiger partial charge on any atom is -0.508 e. The number of aromatic hydroxyl groups is 1. The highest BCUT2D eigenvalue weighted by Crippen LogP contribution is 2.68. The lowest BCUT2D eigenvalue weighted by molar-refractivity contribution is -0.262. The van der Waals surface area contributed by atoms with Gasteiger partial charge in [0.25, 0.3) is 0 Å². The summed E-state index contributed by atoms with van der Waals surface area (Å²) < 4.78 is 11.8. The van der Waals surface area contributed by atoms with E-state index >= 15 is 0 Å². The Balaban J connectivity index is 1.24. The van der Waals surface area contributed by atoms with Gasteiger partial charge in [0.15, 0.2) is 5.78 Å². The highest BCUT2D eigenvalue weighted by atomic mass is 17.1. The highest BCUT2D eigenvalue weighted by Gasteiger charge is 2.70. The van der Waals surface area contributed by atoms with Crippen molar-refractivity contribution in [2.24, 2.45) is 28.6 Å². The van der Waals surface area contributed by atoms with E-state index in [0.29, 0.717) is 30.3 Å². The number of ether oxygens (including phenoxy) is 2. The average Bonchev–Trinajstić information content (AvgIpc) is 3.26. The number of fused-ring (bicyclic) bond motifs is 5. The number of allylic oxidation sites excluding steroid dienone is 4. The Morgan fingerprint density at radius 3 is 2.44 bits per heavy atom. The van der Waals surface area contributed by atoms with Crippen LogP contribution < -0.4 is 4.74 Å². The lowest BCUT2D eigenvalue weighted by Gasteiger charge is -2.57. The molecule has 8 nitrogen and oxygen atoms in total. The van der Waals surface area contributed by atoms with Gasteiger partial charge < -0.3 is 14.6 Å². The fraction of sp³-hybridized carbons (Fsp3) is 0.424. The Morgan fingerprint density at radius 2 is 1.71 bits per heavy atom. The smallest absolute Gasteiger partial charge is 0.385 e. The molecular weight excluding hydrogens is 524 g/mol. The van der Waals surface area contributed by atoms with E-state index < -0.39 is 23.0 Å². The largest absolute Gasteiger partial charge is 0.508 e. The average molecular weight is 559 g/mol. The number of carbonyl (C=O) groups excluding carboxylic acids is 3. The number of esters is 1. The van der Waals surface area contributed by atoms with Gasteiger partial charge in [-0.15, -0.1) is 0 Å². The summed E-state index contributed by atoms with van der Waals surface area (Å²) in [5, 5.41) is 19.2. The maximum Gasteiger partial charge on any atom is 0.385 e. The summed E-state index contributed by atoms with van der Waals surface area (Å²) in [6, 6.07) is 12.7. The van der Waals surface area contributed by atoms with E-state index in [4.69, 9.17) is 9.47 Å². The minimum atomic E-state index is -1.62. The van der Waals surface area contributed by atoms with Gasteiger partial charge in [-0.2, -0.15) is 5.26 Å². The molecule has 2 N–H and O–H groups in total. The molecule has 2 aromatic carbocycles. The number of rotatable bonds is 5. The Hall–Kier alpha value is -3.91. The number of phenolic OH excluding ortho intramolecular Hbond substituents is 1. The van der Waals surface area contributed by atoms with Gasteiger partial charge in [-0.05, 0) is 105 Å². The third kappa shape index (κ3) is 4.27. The molecule has 6 rings (SSSR count). The van der Waals surface area contributed by atoms with Gasteiger partial charge in [-0.25, -0.2) is 9.59 Å². The van der Waals surface area contributed by atoms with Gasteiger partial charge in [0.1, 0.15) is 17.2 Å². The second kappa shape index (κ2) is 9.87. The predicted molar refractivity (Wildman–Crippen MR) is 148 cm³/mol. The number of phenols is 1. The highest BCUT2D eigenvalue weighted by molar-refractivity contribution is 6.01. The van der Waals surface area contributed by atoms with Gasteiger partial charge in [0.2, 0.25) is 5.60 Å². The monoisotopic (exact) mass is 558 g/mol. The molecule has 8 heteroatoms. The second-order valence-corrected chi connectivity index (χ2v) is 12.3. The Bertz CT molecular complexity index is 1460. The Morgan fingerprint density at radius 1 is 0.951 bits per heavy atom. The van der Waals surface area contributed by atoms with Crippen molar-refractivity contribution in [1.29, 1.82) is 0 Å². The van der Waals surface area contributed by atoms with E-state index in [2.05, 4.69) is 17.9 Å². The maximum absolute atomic E-state index is 13.5. The summed E-state index contributed by atoms with van der Waals surface area (Å²) in [5.41, 5.74) is -1.15.